The summed E-state index contributed by atoms with van der Waals surface area (Å²) in [6, 6.07) is 13.6. The number of hydrogen-bond acceptors (Lipinski definition) is 2. The second-order valence-electron chi connectivity index (χ2n) is 4.57. The Bertz CT molecular complexity index is 626. The van der Waals surface area contributed by atoms with E-state index in [9.17, 15) is 4.79 Å². The van der Waals surface area contributed by atoms with Gasteiger partial charge in [0.1, 0.15) is 0 Å². The molecular weight excluding hydrogens is 316 g/mol. The molecule has 0 saturated carbocycles. The molecule has 0 unspecified atom stereocenters. The molecule has 2 rings (SSSR count). The standard InChI is InChI=1S/C16H17BrN2O/c1-2-12-9-14(17)6-7-15(12)19-10-11-4-3-5-13(8-11)16(18)20/h3-9,19H,2,10H2,1H3,(H2,18,20). The van der Waals surface area contributed by atoms with Crippen molar-refractivity contribution in [1.29, 1.82) is 0 Å². The van der Waals surface area contributed by atoms with Gasteiger partial charge < -0.3 is 11.1 Å². The van der Waals surface area contributed by atoms with Crippen molar-refractivity contribution in [3.8, 4) is 0 Å². The molecule has 0 heterocycles. The number of carbonyl (C=O) groups is 1. The summed E-state index contributed by atoms with van der Waals surface area (Å²) in [5.74, 6) is -0.398. The van der Waals surface area contributed by atoms with Crippen LogP contribution in [-0.4, -0.2) is 5.91 Å². The molecule has 0 saturated heterocycles. The van der Waals surface area contributed by atoms with Gasteiger partial charge in [0.25, 0.3) is 0 Å². The highest BCUT2D eigenvalue weighted by molar-refractivity contribution is 9.10. The first-order chi connectivity index (χ1) is 9.60. The molecule has 104 valence electrons. The number of halogens is 1. The number of nitrogens with two attached hydrogens (primary N) is 1. The summed E-state index contributed by atoms with van der Waals surface area (Å²) in [5.41, 5.74) is 9.23. The minimum Gasteiger partial charge on any atom is -0.381 e. The molecule has 0 bridgehead atoms. The summed E-state index contributed by atoms with van der Waals surface area (Å²) in [5, 5.41) is 3.40. The van der Waals surface area contributed by atoms with Crippen molar-refractivity contribution in [3.05, 3.63) is 63.6 Å². The summed E-state index contributed by atoms with van der Waals surface area (Å²) in [6.45, 7) is 2.79. The highest BCUT2D eigenvalue weighted by Crippen LogP contribution is 2.22. The number of nitrogens with one attached hydrogen (secondary N) is 1. The van der Waals surface area contributed by atoms with Gasteiger partial charge in [0.2, 0.25) is 5.91 Å². The number of amides is 1. The smallest absolute Gasteiger partial charge is 0.248 e. The molecular formula is C16H17BrN2O. The lowest BCUT2D eigenvalue weighted by Crippen LogP contribution is -2.11. The molecule has 0 radical (unpaired) electrons. The number of anilines is 1. The molecule has 0 atom stereocenters. The van der Waals surface area contributed by atoms with Crippen LogP contribution in [0.1, 0.15) is 28.4 Å². The van der Waals surface area contributed by atoms with Crippen molar-refractivity contribution in [2.24, 2.45) is 5.73 Å². The van der Waals surface area contributed by atoms with E-state index in [1.165, 1.54) is 5.56 Å². The summed E-state index contributed by atoms with van der Waals surface area (Å²) < 4.78 is 1.08. The van der Waals surface area contributed by atoms with Gasteiger partial charge in [-0.3, -0.25) is 4.79 Å². The molecule has 0 aliphatic heterocycles. The molecule has 2 aromatic rings. The maximum absolute atomic E-state index is 11.2. The molecule has 0 aromatic heterocycles. The molecule has 0 aliphatic rings. The Balaban J connectivity index is 2.12. The number of carbonyl (C=O) groups excluding carboxylic acids is 1. The topological polar surface area (TPSA) is 55.1 Å². The zero-order valence-corrected chi connectivity index (χ0v) is 12.9. The molecule has 20 heavy (non-hydrogen) atoms. The minimum atomic E-state index is -0.398. The van der Waals surface area contributed by atoms with Gasteiger partial charge in [-0.25, -0.2) is 0 Å². The van der Waals surface area contributed by atoms with E-state index in [1.807, 2.05) is 24.3 Å². The van der Waals surface area contributed by atoms with Crippen LogP contribution in [0.3, 0.4) is 0 Å². The Hall–Kier alpha value is -1.81. The monoisotopic (exact) mass is 332 g/mol. The SMILES string of the molecule is CCc1cc(Br)ccc1NCc1cccc(C(N)=O)c1. The first kappa shape index (κ1) is 14.6. The van der Waals surface area contributed by atoms with E-state index in [-0.39, 0.29) is 0 Å². The van der Waals surface area contributed by atoms with Crippen LogP contribution in [0.15, 0.2) is 46.9 Å². The largest absolute Gasteiger partial charge is 0.381 e. The average molecular weight is 333 g/mol. The molecule has 3 N–H and O–H groups in total. The lowest BCUT2D eigenvalue weighted by molar-refractivity contribution is 0.1000. The average Bonchev–Trinajstić information content (AvgIpc) is 2.46. The van der Waals surface area contributed by atoms with E-state index >= 15 is 0 Å². The maximum atomic E-state index is 11.2. The Kier molecular flexibility index (Phi) is 4.79. The quantitative estimate of drug-likeness (QED) is 0.876. The summed E-state index contributed by atoms with van der Waals surface area (Å²) >= 11 is 3.48. The number of hydrogen-bond donors (Lipinski definition) is 2. The summed E-state index contributed by atoms with van der Waals surface area (Å²) in [4.78, 5) is 11.2. The lowest BCUT2D eigenvalue weighted by atomic mass is 10.1. The van der Waals surface area contributed by atoms with Gasteiger partial charge >= 0.3 is 0 Å². The van der Waals surface area contributed by atoms with Crippen molar-refractivity contribution in [3.63, 3.8) is 0 Å². The molecule has 2 aromatic carbocycles. The first-order valence-electron chi connectivity index (χ1n) is 6.51. The van der Waals surface area contributed by atoms with Crippen LogP contribution in [0.2, 0.25) is 0 Å². The molecule has 0 aliphatic carbocycles. The number of primary amides is 1. The second-order valence-corrected chi connectivity index (χ2v) is 5.49. The third-order valence-electron chi connectivity index (χ3n) is 3.14. The molecule has 4 heteroatoms. The molecule has 3 nitrogen and oxygen atoms in total. The molecule has 0 fully saturated rings. The third-order valence-corrected chi connectivity index (χ3v) is 3.64. The van der Waals surface area contributed by atoms with Gasteiger partial charge in [-0.2, -0.15) is 0 Å². The highest BCUT2D eigenvalue weighted by atomic mass is 79.9. The zero-order chi connectivity index (χ0) is 14.5. The van der Waals surface area contributed by atoms with Crippen LogP contribution < -0.4 is 11.1 Å². The second kappa shape index (κ2) is 6.57. The first-order valence-corrected chi connectivity index (χ1v) is 7.30. The van der Waals surface area contributed by atoms with Crippen LogP contribution in [0.25, 0.3) is 0 Å². The van der Waals surface area contributed by atoms with Crippen LogP contribution in [0.5, 0.6) is 0 Å². The lowest BCUT2D eigenvalue weighted by Gasteiger charge is -2.12. The summed E-state index contributed by atoms with van der Waals surface area (Å²) in [6.07, 6.45) is 0.961. The Morgan fingerprint density at radius 3 is 2.75 bits per heavy atom. The van der Waals surface area contributed by atoms with Crippen molar-refractivity contribution >= 4 is 27.5 Å². The predicted octanol–water partition coefficient (Wildman–Crippen LogP) is 3.72. The van der Waals surface area contributed by atoms with Gasteiger partial charge in [0, 0.05) is 22.3 Å². The Morgan fingerprint density at radius 2 is 2.05 bits per heavy atom. The fourth-order valence-electron chi connectivity index (χ4n) is 2.06. The normalized spacial score (nSPS) is 10.3. The number of aryl methyl sites for hydroxylation is 1. The van der Waals surface area contributed by atoms with Gasteiger partial charge in [-0.15, -0.1) is 0 Å². The van der Waals surface area contributed by atoms with E-state index in [2.05, 4.69) is 40.3 Å². The van der Waals surface area contributed by atoms with Gasteiger partial charge in [0.05, 0.1) is 0 Å². The van der Waals surface area contributed by atoms with Crippen molar-refractivity contribution in [2.45, 2.75) is 19.9 Å². The number of benzene rings is 2. The van der Waals surface area contributed by atoms with Crippen LogP contribution in [0, 0.1) is 0 Å². The van der Waals surface area contributed by atoms with E-state index < -0.39 is 5.91 Å². The van der Waals surface area contributed by atoms with Crippen LogP contribution >= 0.6 is 15.9 Å². The molecule has 0 spiro atoms. The van der Waals surface area contributed by atoms with E-state index in [1.54, 1.807) is 6.07 Å². The van der Waals surface area contributed by atoms with E-state index in [4.69, 9.17) is 5.73 Å². The van der Waals surface area contributed by atoms with Gasteiger partial charge in [-0.05, 0) is 47.9 Å². The van der Waals surface area contributed by atoms with Crippen LogP contribution in [0.4, 0.5) is 5.69 Å². The Labute approximate surface area is 127 Å². The highest BCUT2D eigenvalue weighted by Gasteiger charge is 2.04. The van der Waals surface area contributed by atoms with Gasteiger partial charge in [-0.1, -0.05) is 35.0 Å². The van der Waals surface area contributed by atoms with E-state index in [0.717, 1.165) is 22.1 Å². The van der Waals surface area contributed by atoms with Gasteiger partial charge in [0.15, 0.2) is 0 Å². The summed E-state index contributed by atoms with van der Waals surface area (Å²) in [7, 11) is 0. The number of rotatable bonds is 5. The maximum Gasteiger partial charge on any atom is 0.248 e. The minimum absolute atomic E-state index is 0.398. The fourth-order valence-corrected chi connectivity index (χ4v) is 2.47. The third kappa shape index (κ3) is 3.61. The van der Waals surface area contributed by atoms with Crippen molar-refractivity contribution in [1.82, 2.24) is 0 Å². The fraction of sp³-hybridized carbons (Fsp3) is 0.188. The van der Waals surface area contributed by atoms with Crippen LogP contribution in [-0.2, 0) is 13.0 Å². The molecule has 1 amide bonds. The van der Waals surface area contributed by atoms with Crippen molar-refractivity contribution in [2.75, 3.05) is 5.32 Å². The Morgan fingerprint density at radius 1 is 1.25 bits per heavy atom. The predicted molar refractivity (Wildman–Crippen MR) is 85.8 cm³/mol. The van der Waals surface area contributed by atoms with E-state index in [0.29, 0.717) is 12.1 Å². The van der Waals surface area contributed by atoms with Crippen molar-refractivity contribution < 1.29 is 4.79 Å². The zero-order valence-electron chi connectivity index (χ0n) is 11.3.